The van der Waals surface area contributed by atoms with Crippen LogP contribution >= 0.6 is 0 Å². The number of amides is 2. The van der Waals surface area contributed by atoms with Crippen molar-refractivity contribution in [1.82, 2.24) is 20.3 Å². The van der Waals surface area contributed by atoms with Crippen molar-refractivity contribution in [2.75, 3.05) is 13.7 Å². The molecule has 0 radical (unpaired) electrons. The number of hydrazine groups is 1. The number of hydrogen-bond acceptors (Lipinski definition) is 7. The normalized spacial score (nSPS) is 13.0. The molecule has 0 aliphatic heterocycles. The van der Waals surface area contributed by atoms with E-state index in [4.69, 9.17) is 4.74 Å². The topological polar surface area (TPSA) is 152 Å². The van der Waals surface area contributed by atoms with E-state index in [0.29, 0.717) is 6.42 Å². The van der Waals surface area contributed by atoms with Crippen LogP contribution in [0, 0.1) is 5.92 Å². The third-order valence-corrected chi connectivity index (χ3v) is 3.53. The van der Waals surface area contributed by atoms with Gasteiger partial charge < -0.3 is 14.8 Å². The Balaban J connectivity index is 4.49. The first-order chi connectivity index (χ1) is 11.8. The summed E-state index contributed by atoms with van der Waals surface area (Å²) in [6.45, 7) is 7.90. The Morgan fingerprint density at radius 3 is 2.15 bits per heavy atom. The molecule has 0 aromatic heterocycles. The molecule has 26 heavy (non-hydrogen) atoms. The molecule has 11 nitrogen and oxygen atoms in total. The predicted octanol–water partition coefficient (Wildman–Crippen LogP) is -0.446. The van der Waals surface area contributed by atoms with Gasteiger partial charge in [-0.05, 0) is 33.1 Å². The zero-order chi connectivity index (χ0) is 20.5. The zero-order valence-corrected chi connectivity index (χ0v) is 16.7. The fourth-order valence-corrected chi connectivity index (χ4v) is 2.29. The van der Waals surface area contributed by atoms with Crippen molar-refractivity contribution in [2.24, 2.45) is 5.92 Å². The van der Waals surface area contributed by atoms with Gasteiger partial charge in [-0.3, -0.25) is 4.79 Å². The smallest absolute Gasteiger partial charge is 0.423 e. The van der Waals surface area contributed by atoms with Gasteiger partial charge >= 0.3 is 12.1 Å². The Morgan fingerprint density at radius 1 is 1.12 bits per heavy atom. The fourth-order valence-electron chi connectivity index (χ4n) is 1.68. The van der Waals surface area contributed by atoms with E-state index in [1.807, 2.05) is 24.0 Å². The van der Waals surface area contributed by atoms with Crippen molar-refractivity contribution in [2.45, 2.75) is 52.7 Å². The molecule has 0 bridgehead atoms. The molecule has 4 N–H and O–H groups in total. The molecule has 0 aromatic carbocycles. The first-order valence-corrected chi connectivity index (χ1v) is 9.36. The summed E-state index contributed by atoms with van der Waals surface area (Å²) in [5, 5.41) is 2.39. The number of methoxy groups -OCH3 is 1. The zero-order valence-electron chi connectivity index (χ0n) is 15.8. The molecule has 0 heterocycles. The van der Waals surface area contributed by atoms with Gasteiger partial charge in [-0.25, -0.2) is 15.0 Å². The quantitative estimate of drug-likeness (QED) is 0.304. The first-order valence-electron chi connectivity index (χ1n) is 7.88. The summed E-state index contributed by atoms with van der Waals surface area (Å²) >= 11 is 0. The van der Waals surface area contributed by atoms with E-state index < -0.39 is 46.4 Å². The molecule has 0 saturated carbocycles. The van der Waals surface area contributed by atoms with Crippen LogP contribution in [0.3, 0.4) is 0 Å². The van der Waals surface area contributed by atoms with Gasteiger partial charge in [0.2, 0.25) is 5.91 Å². The van der Waals surface area contributed by atoms with Gasteiger partial charge in [0.15, 0.2) is 0 Å². The Kier molecular flexibility index (Phi) is 9.52. The summed E-state index contributed by atoms with van der Waals surface area (Å²) in [6, 6.07) is -0.884. The van der Waals surface area contributed by atoms with Crippen molar-refractivity contribution < 1.29 is 32.3 Å². The van der Waals surface area contributed by atoms with Gasteiger partial charge in [0.25, 0.3) is 10.2 Å². The van der Waals surface area contributed by atoms with Crippen LogP contribution in [-0.2, 0) is 29.3 Å². The summed E-state index contributed by atoms with van der Waals surface area (Å²) < 4.78 is 34.8. The number of ether oxygens (including phenoxy) is 2. The molecular formula is C14H28N4O7S. The van der Waals surface area contributed by atoms with Gasteiger partial charge in [-0.15, -0.1) is 4.83 Å². The summed E-state index contributed by atoms with van der Waals surface area (Å²) in [5.74, 6) is -1.25. The molecule has 0 rings (SSSR count). The molecule has 0 spiro atoms. The van der Waals surface area contributed by atoms with Crippen molar-refractivity contribution in [3.8, 4) is 0 Å². The van der Waals surface area contributed by atoms with Gasteiger partial charge in [0, 0.05) is 0 Å². The minimum Gasteiger partial charge on any atom is -0.467 e. The molecule has 2 amide bonds. The van der Waals surface area contributed by atoms with Crippen LogP contribution in [-0.4, -0.2) is 51.7 Å². The molecule has 1 atom stereocenters. The van der Waals surface area contributed by atoms with Crippen LogP contribution in [0.1, 0.15) is 41.0 Å². The number of carbonyl (C=O) groups is 3. The van der Waals surface area contributed by atoms with Gasteiger partial charge in [0.1, 0.15) is 11.6 Å². The van der Waals surface area contributed by atoms with Crippen LogP contribution in [0.15, 0.2) is 0 Å². The molecule has 0 fully saturated rings. The van der Waals surface area contributed by atoms with E-state index in [1.165, 1.54) is 7.11 Å². The SMILES string of the molecule is COC(=O)[C@H](CC(C)C)NC(=O)CNS(=O)(=O)NNC(=O)OC(C)(C)C. The average molecular weight is 396 g/mol. The monoisotopic (exact) mass is 396 g/mol. The highest BCUT2D eigenvalue weighted by atomic mass is 32.2. The summed E-state index contributed by atoms with van der Waals surface area (Å²) in [7, 11) is -3.01. The van der Waals surface area contributed by atoms with Gasteiger partial charge in [-0.1, -0.05) is 13.8 Å². The lowest BCUT2D eigenvalue weighted by atomic mass is 10.0. The molecule has 152 valence electrons. The lowest BCUT2D eigenvalue weighted by molar-refractivity contribution is -0.145. The second-order valence-corrected chi connectivity index (χ2v) is 8.33. The number of rotatable bonds is 9. The molecule has 0 saturated heterocycles. The molecule has 0 aliphatic carbocycles. The molecule has 0 unspecified atom stereocenters. The largest absolute Gasteiger partial charge is 0.467 e. The van der Waals surface area contributed by atoms with Crippen LogP contribution in [0.5, 0.6) is 0 Å². The van der Waals surface area contributed by atoms with Crippen molar-refractivity contribution >= 4 is 28.2 Å². The van der Waals surface area contributed by atoms with Crippen molar-refractivity contribution in [3.63, 3.8) is 0 Å². The van der Waals surface area contributed by atoms with Crippen LogP contribution in [0.4, 0.5) is 4.79 Å². The van der Waals surface area contributed by atoms with Crippen molar-refractivity contribution in [3.05, 3.63) is 0 Å². The number of carbonyl (C=O) groups excluding carboxylic acids is 3. The van der Waals surface area contributed by atoms with E-state index in [0.717, 1.165) is 0 Å². The maximum atomic E-state index is 11.8. The highest BCUT2D eigenvalue weighted by molar-refractivity contribution is 7.87. The second-order valence-electron chi connectivity index (χ2n) is 6.83. The average Bonchev–Trinajstić information content (AvgIpc) is 2.48. The minimum absolute atomic E-state index is 0.107. The summed E-state index contributed by atoms with van der Waals surface area (Å²) in [5.41, 5.74) is 1.03. The molecule has 12 heteroatoms. The lowest BCUT2D eigenvalue weighted by Crippen LogP contribution is -2.52. The summed E-state index contributed by atoms with van der Waals surface area (Å²) in [4.78, 5) is 36.6. The van der Waals surface area contributed by atoms with Gasteiger partial charge in [-0.2, -0.15) is 13.1 Å². The Morgan fingerprint density at radius 2 is 1.69 bits per heavy atom. The second kappa shape index (κ2) is 10.3. The van der Waals surface area contributed by atoms with Crippen molar-refractivity contribution in [1.29, 1.82) is 0 Å². The van der Waals surface area contributed by atoms with Crippen LogP contribution in [0.25, 0.3) is 0 Å². The highest BCUT2D eigenvalue weighted by Crippen LogP contribution is 2.06. The third kappa shape index (κ3) is 11.6. The van der Waals surface area contributed by atoms with E-state index >= 15 is 0 Å². The fraction of sp³-hybridized carbons (Fsp3) is 0.786. The van der Waals surface area contributed by atoms with E-state index in [1.54, 1.807) is 25.6 Å². The first kappa shape index (κ1) is 24.1. The minimum atomic E-state index is -4.20. The summed E-state index contributed by atoms with van der Waals surface area (Å²) in [6.07, 6.45) is -0.668. The van der Waals surface area contributed by atoms with Crippen LogP contribution in [0.2, 0.25) is 0 Å². The Hall–Kier alpha value is -1.92. The number of hydrogen-bond donors (Lipinski definition) is 4. The van der Waals surface area contributed by atoms with Gasteiger partial charge in [0.05, 0.1) is 13.7 Å². The standard InChI is InChI=1S/C14H28N4O7S/c1-9(2)7-10(12(20)24-6)16-11(19)8-15-26(22,23)18-17-13(21)25-14(3,4)5/h9-10,15,18H,7-8H2,1-6H3,(H,16,19)(H,17,21)/t10-/m0/s1. The molecule has 0 aromatic rings. The Bertz CT molecular complexity index is 599. The van der Waals surface area contributed by atoms with E-state index in [-0.39, 0.29) is 5.92 Å². The van der Waals surface area contributed by atoms with Crippen LogP contribution < -0.4 is 20.3 Å². The predicted molar refractivity (Wildman–Crippen MR) is 92.8 cm³/mol. The lowest BCUT2D eigenvalue weighted by Gasteiger charge is -2.20. The molecule has 0 aliphatic rings. The number of esters is 1. The molecular weight excluding hydrogens is 368 g/mol. The van der Waals surface area contributed by atoms with E-state index in [9.17, 15) is 22.8 Å². The third-order valence-electron chi connectivity index (χ3n) is 2.64. The highest BCUT2D eigenvalue weighted by Gasteiger charge is 2.23. The number of nitrogens with one attached hydrogen (secondary N) is 4. The van der Waals surface area contributed by atoms with E-state index in [2.05, 4.69) is 10.1 Å². The maximum absolute atomic E-state index is 11.8. The maximum Gasteiger partial charge on any atom is 0.423 e. The Labute approximate surface area is 153 Å².